The number of hydrogen-bond donors (Lipinski definition) is 1. The van der Waals surface area contributed by atoms with Gasteiger partial charge in [0.1, 0.15) is 5.82 Å². The number of H-pyrrole nitrogens is 1. The summed E-state index contributed by atoms with van der Waals surface area (Å²) < 4.78 is 16.6. The first-order valence-corrected chi connectivity index (χ1v) is 7.32. The van der Waals surface area contributed by atoms with Crippen molar-refractivity contribution in [2.24, 2.45) is 0 Å². The molecule has 0 fully saturated rings. The summed E-state index contributed by atoms with van der Waals surface area (Å²) in [6, 6.07) is 7.12. The summed E-state index contributed by atoms with van der Waals surface area (Å²) in [4.78, 5) is 7.18. The average molecular weight is 352 g/mol. The van der Waals surface area contributed by atoms with Gasteiger partial charge in [-0.25, -0.2) is 4.39 Å². The molecule has 102 valence electrons. The van der Waals surface area contributed by atoms with Gasteiger partial charge in [-0.2, -0.15) is 0 Å². The largest absolute Gasteiger partial charge is 0.331 e. The zero-order chi connectivity index (χ0) is 14.1. The van der Waals surface area contributed by atoms with Crippen LogP contribution in [-0.2, 0) is 13.0 Å². The molecule has 6 heteroatoms. The van der Waals surface area contributed by atoms with E-state index in [9.17, 15) is 4.39 Å². The van der Waals surface area contributed by atoms with Crippen LogP contribution in [0.5, 0.6) is 0 Å². The van der Waals surface area contributed by atoms with E-state index in [1.165, 1.54) is 6.07 Å². The van der Waals surface area contributed by atoms with Crippen LogP contribution >= 0.6 is 28.1 Å². The molecule has 3 aromatic rings. The molecule has 0 saturated heterocycles. The number of halogens is 2. The normalized spacial score (nSPS) is 11.1. The van der Waals surface area contributed by atoms with E-state index < -0.39 is 0 Å². The zero-order valence-corrected chi connectivity index (χ0v) is 12.8. The molecule has 0 unspecified atom stereocenters. The van der Waals surface area contributed by atoms with Gasteiger partial charge < -0.3 is 9.55 Å². The lowest BCUT2D eigenvalue weighted by Crippen LogP contribution is -2.01. The van der Waals surface area contributed by atoms with Gasteiger partial charge in [0.25, 0.3) is 0 Å². The Morgan fingerprint density at radius 1 is 1.40 bits per heavy atom. The number of pyridine rings is 1. The summed E-state index contributed by atoms with van der Waals surface area (Å²) in [5.74, 6) is -0.290. The predicted octanol–water partition coefficient (Wildman–Crippen LogP) is 4.24. The van der Waals surface area contributed by atoms with Gasteiger partial charge in [-0.3, -0.25) is 4.98 Å². The van der Waals surface area contributed by atoms with Crippen molar-refractivity contribution in [1.29, 1.82) is 0 Å². The van der Waals surface area contributed by atoms with Crippen LogP contribution in [0, 0.1) is 10.6 Å². The summed E-state index contributed by atoms with van der Waals surface area (Å²) in [5.41, 5.74) is 2.73. The third-order valence-electron chi connectivity index (χ3n) is 3.16. The van der Waals surface area contributed by atoms with Gasteiger partial charge in [-0.05, 0) is 52.3 Å². The molecule has 2 heterocycles. The van der Waals surface area contributed by atoms with Crippen molar-refractivity contribution in [1.82, 2.24) is 14.5 Å². The molecule has 0 amide bonds. The fourth-order valence-corrected chi connectivity index (χ4v) is 2.80. The van der Waals surface area contributed by atoms with E-state index >= 15 is 0 Å². The topological polar surface area (TPSA) is 33.6 Å². The van der Waals surface area contributed by atoms with E-state index in [1.807, 2.05) is 22.9 Å². The molecule has 1 aromatic carbocycles. The lowest BCUT2D eigenvalue weighted by Gasteiger charge is -2.05. The monoisotopic (exact) mass is 351 g/mol. The van der Waals surface area contributed by atoms with Crippen LogP contribution in [0.15, 0.2) is 41.1 Å². The van der Waals surface area contributed by atoms with E-state index in [2.05, 4.69) is 25.9 Å². The van der Waals surface area contributed by atoms with E-state index in [1.54, 1.807) is 12.3 Å². The first-order chi connectivity index (χ1) is 9.65. The van der Waals surface area contributed by atoms with Gasteiger partial charge in [0.05, 0.1) is 15.5 Å². The summed E-state index contributed by atoms with van der Waals surface area (Å²) in [7, 11) is 0. The molecule has 0 atom stereocenters. The highest BCUT2D eigenvalue weighted by Gasteiger charge is 2.08. The molecule has 0 saturated carbocycles. The minimum absolute atomic E-state index is 0.290. The SMILES string of the molecule is Fc1cc2c(cc1Br)[nH]c(=S)n2CCc1cccnc1. The fraction of sp³-hybridized carbons (Fsp3) is 0.143. The Morgan fingerprint density at radius 2 is 2.25 bits per heavy atom. The number of aromatic nitrogens is 3. The van der Waals surface area contributed by atoms with Gasteiger partial charge >= 0.3 is 0 Å². The first kappa shape index (κ1) is 13.5. The number of hydrogen-bond acceptors (Lipinski definition) is 2. The molecule has 2 aromatic heterocycles. The maximum Gasteiger partial charge on any atom is 0.178 e. The third-order valence-corrected chi connectivity index (χ3v) is 4.09. The average Bonchev–Trinajstić information content (AvgIpc) is 2.73. The van der Waals surface area contributed by atoms with E-state index in [0.29, 0.717) is 15.8 Å². The maximum absolute atomic E-state index is 13.7. The standard InChI is InChI=1S/C14H11BrFN3S/c15-10-6-12-13(7-11(10)16)19(14(20)18-12)5-3-9-2-1-4-17-8-9/h1-2,4,6-8H,3,5H2,(H,18,20). The number of aromatic amines is 1. The highest BCUT2D eigenvalue weighted by molar-refractivity contribution is 9.10. The number of nitrogens with zero attached hydrogens (tertiary/aromatic N) is 2. The molecule has 0 aliphatic heterocycles. The molecule has 0 aliphatic rings. The Morgan fingerprint density at radius 3 is 3.00 bits per heavy atom. The quantitative estimate of drug-likeness (QED) is 0.716. The van der Waals surface area contributed by atoms with Gasteiger partial charge in [0.2, 0.25) is 0 Å². The molecule has 0 aliphatic carbocycles. The maximum atomic E-state index is 13.7. The van der Waals surface area contributed by atoms with Crippen LogP contribution in [0.1, 0.15) is 5.56 Å². The Kier molecular flexibility index (Phi) is 3.67. The second-order valence-corrected chi connectivity index (χ2v) is 5.72. The second kappa shape index (κ2) is 5.46. The first-order valence-electron chi connectivity index (χ1n) is 6.11. The van der Waals surface area contributed by atoms with Crippen LogP contribution in [-0.4, -0.2) is 14.5 Å². The Balaban J connectivity index is 1.97. The Bertz CT molecular complexity index is 810. The Hall–Kier alpha value is -1.53. The van der Waals surface area contributed by atoms with Crippen molar-refractivity contribution in [2.75, 3.05) is 0 Å². The molecule has 1 N–H and O–H groups in total. The number of fused-ring (bicyclic) bond motifs is 1. The number of imidazole rings is 1. The van der Waals surface area contributed by atoms with Crippen LogP contribution < -0.4 is 0 Å². The number of aryl methyl sites for hydroxylation is 2. The van der Waals surface area contributed by atoms with Crippen LogP contribution in [0.4, 0.5) is 4.39 Å². The summed E-state index contributed by atoms with van der Waals surface area (Å²) in [5, 5.41) is 0. The minimum atomic E-state index is -0.290. The van der Waals surface area contributed by atoms with Crippen molar-refractivity contribution >= 4 is 39.2 Å². The lowest BCUT2D eigenvalue weighted by atomic mass is 10.2. The number of nitrogens with one attached hydrogen (secondary N) is 1. The smallest absolute Gasteiger partial charge is 0.178 e. The Labute approximate surface area is 128 Å². The van der Waals surface area contributed by atoms with Gasteiger partial charge in [-0.15, -0.1) is 0 Å². The van der Waals surface area contributed by atoms with Crippen molar-refractivity contribution < 1.29 is 4.39 Å². The molecule has 3 nitrogen and oxygen atoms in total. The molecule has 0 bridgehead atoms. The lowest BCUT2D eigenvalue weighted by molar-refractivity contribution is 0.620. The van der Waals surface area contributed by atoms with Gasteiger partial charge in [0, 0.05) is 25.0 Å². The van der Waals surface area contributed by atoms with E-state index in [0.717, 1.165) is 23.0 Å². The zero-order valence-electron chi connectivity index (χ0n) is 10.4. The summed E-state index contributed by atoms with van der Waals surface area (Å²) in [6.45, 7) is 0.686. The molecule has 20 heavy (non-hydrogen) atoms. The van der Waals surface area contributed by atoms with Crippen LogP contribution in [0.3, 0.4) is 0 Å². The highest BCUT2D eigenvalue weighted by Crippen LogP contribution is 2.23. The van der Waals surface area contributed by atoms with Crippen LogP contribution in [0.25, 0.3) is 11.0 Å². The van der Waals surface area contributed by atoms with Crippen LogP contribution in [0.2, 0.25) is 0 Å². The number of rotatable bonds is 3. The summed E-state index contributed by atoms with van der Waals surface area (Å²) >= 11 is 8.49. The van der Waals surface area contributed by atoms with Crippen molar-refractivity contribution in [2.45, 2.75) is 13.0 Å². The van der Waals surface area contributed by atoms with Crippen molar-refractivity contribution in [3.63, 3.8) is 0 Å². The highest BCUT2D eigenvalue weighted by atomic mass is 79.9. The molecule has 3 rings (SSSR count). The molecular weight excluding hydrogens is 341 g/mol. The van der Waals surface area contributed by atoms with Crippen molar-refractivity contribution in [3.05, 3.63) is 57.3 Å². The van der Waals surface area contributed by atoms with Gasteiger partial charge in [-0.1, -0.05) is 6.07 Å². The van der Waals surface area contributed by atoms with E-state index in [4.69, 9.17) is 12.2 Å². The van der Waals surface area contributed by atoms with E-state index in [-0.39, 0.29) is 5.82 Å². The van der Waals surface area contributed by atoms with Gasteiger partial charge in [0.15, 0.2) is 4.77 Å². The minimum Gasteiger partial charge on any atom is -0.331 e. The third kappa shape index (κ3) is 2.53. The second-order valence-electron chi connectivity index (χ2n) is 4.48. The fourth-order valence-electron chi connectivity index (χ4n) is 2.16. The predicted molar refractivity (Wildman–Crippen MR) is 82.7 cm³/mol. The summed E-state index contributed by atoms with van der Waals surface area (Å²) in [6.07, 6.45) is 4.37. The molecular formula is C14H11BrFN3S. The number of benzene rings is 1. The molecule has 0 radical (unpaired) electrons. The van der Waals surface area contributed by atoms with Crippen molar-refractivity contribution in [3.8, 4) is 0 Å². The molecule has 0 spiro atoms.